The van der Waals surface area contributed by atoms with Crippen LogP contribution in [-0.4, -0.2) is 15.0 Å². The summed E-state index contributed by atoms with van der Waals surface area (Å²) in [4.78, 5) is 1.21. The van der Waals surface area contributed by atoms with Gasteiger partial charge in [0.1, 0.15) is 0 Å². The van der Waals surface area contributed by atoms with Gasteiger partial charge in [-0.05, 0) is 17.9 Å². The first kappa shape index (κ1) is 17.6. The minimum atomic E-state index is -3.41. The summed E-state index contributed by atoms with van der Waals surface area (Å²) in [7, 11) is -3.41. The molecule has 0 saturated heterocycles. The molecular weight excluding hydrogens is 292 g/mol. The van der Waals surface area contributed by atoms with Crippen molar-refractivity contribution in [2.75, 3.05) is 6.54 Å². The summed E-state index contributed by atoms with van der Waals surface area (Å²) in [5.74, 6) is 0. The minimum Gasteiger partial charge on any atom is -0.326 e. The first-order chi connectivity index (χ1) is 9.30. The first-order valence-electron chi connectivity index (χ1n) is 7.08. The van der Waals surface area contributed by atoms with Gasteiger partial charge in [0.15, 0.2) is 0 Å². The second kappa shape index (κ2) is 7.54. The number of unbranched alkanes of at least 4 members (excludes halogenated alkanes) is 2. The molecule has 1 rings (SSSR count). The highest BCUT2D eigenvalue weighted by atomic mass is 32.2. The monoisotopic (exact) mass is 318 g/mol. The number of hydrogen-bond donors (Lipinski definition) is 2. The Balaban J connectivity index is 2.58. The summed E-state index contributed by atoms with van der Waals surface area (Å²) in [5.41, 5.74) is 5.49. The molecule has 0 aromatic carbocycles. The van der Waals surface area contributed by atoms with Crippen molar-refractivity contribution < 1.29 is 8.42 Å². The van der Waals surface area contributed by atoms with Gasteiger partial charge < -0.3 is 5.73 Å². The van der Waals surface area contributed by atoms with E-state index in [0.717, 1.165) is 17.7 Å². The summed E-state index contributed by atoms with van der Waals surface area (Å²) < 4.78 is 27.1. The zero-order valence-corrected chi connectivity index (χ0v) is 14.2. The van der Waals surface area contributed by atoms with Crippen molar-refractivity contribution in [2.24, 2.45) is 11.1 Å². The van der Waals surface area contributed by atoms with Crippen LogP contribution < -0.4 is 10.5 Å². The Morgan fingerprint density at radius 2 is 2.05 bits per heavy atom. The van der Waals surface area contributed by atoms with E-state index in [-0.39, 0.29) is 5.41 Å². The molecule has 0 atom stereocenters. The summed E-state index contributed by atoms with van der Waals surface area (Å²) in [6.45, 7) is 7.21. The quantitative estimate of drug-likeness (QED) is 0.687. The standard InChI is InChI=1S/C14H26N2O2S2/c1-4-5-6-7-14(2,3)11-16-20(17,18)13-8-12(9-15)19-10-13/h8,10,16H,4-7,9,11,15H2,1-3H3. The number of nitrogens with one attached hydrogen (secondary N) is 1. The Morgan fingerprint density at radius 3 is 2.60 bits per heavy atom. The van der Waals surface area contributed by atoms with Crippen LogP contribution in [0.25, 0.3) is 0 Å². The van der Waals surface area contributed by atoms with Crippen LogP contribution in [0.4, 0.5) is 0 Å². The maximum absolute atomic E-state index is 12.2. The zero-order chi connectivity index (χ0) is 15.2. The Bertz CT molecular complexity index is 507. The molecule has 1 aromatic heterocycles. The largest absolute Gasteiger partial charge is 0.326 e. The lowest BCUT2D eigenvalue weighted by Gasteiger charge is -2.24. The van der Waals surface area contributed by atoms with Crippen molar-refractivity contribution in [1.82, 2.24) is 4.72 Å². The molecule has 3 N–H and O–H groups in total. The maximum Gasteiger partial charge on any atom is 0.241 e. The van der Waals surface area contributed by atoms with E-state index in [1.165, 1.54) is 24.2 Å². The van der Waals surface area contributed by atoms with E-state index in [9.17, 15) is 8.42 Å². The molecule has 0 amide bonds. The molecule has 0 unspecified atom stereocenters. The molecule has 0 aliphatic heterocycles. The second-order valence-electron chi connectivity index (χ2n) is 5.90. The second-order valence-corrected chi connectivity index (χ2v) is 8.66. The molecular formula is C14H26N2O2S2. The van der Waals surface area contributed by atoms with Gasteiger partial charge in [-0.3, -0.25) is 0 Å². The molecule has 1 aromatic rings. The molecule has 20 heavy (non-hydrogen) atoms. The van der Waals surface area contributed by atoms with E-state index in [2.05, 4.69) is 25.5 Å². The summed E-state index contributed by atoms with van der Waals surface area (Å²) >= 11 is 1.38. The van der Waals surface area contributed by atoms with Crippen molar-refractivity contribution >= 4 is 21.4 Å². The SMILES string of the molecule is CCCCCC(C)(C)CNS(=O)(=O)c1csc(CN)c1. The van der Waals surface area contributed by atoms with Crippen molar-refractivity contribution in [3.63, 3.8) is 0 Å². The van der Waals surface area contributed by atoms with E-state index in [0.29, 0.717) is 18.0 Å². The number of hydrogen-bond acceptors (Lipinski definition) is 4. The van der Waals surface area contributed by atoms with Gasteiger partial charge in [-0.1, -0.05) is 40.0 Å². The van der Waals surface area contributed by atoms with Crippen molar-refractivity contribution in [2.45, 2.75) is 57.9 Å². The van der Waals surface area contributed by atoms with Gasteiger partial charge >= 0.3 is 0 Å². The van der Waals surface area contributed by atoms with Crippen molar-refractivity contribution in [3.8, 4) is 0 Å². The maximum atomic E-state index is 12.2. The summed E-state index contributed by atoms with van der Waals surface area (Å²) in [5, 5.41) is 1.65. The number of nitrogens with two attached hydrogens (primary N) is 1. The van der Waals surface area contributed by atoms with E-state index in [1.54, 1.807) is 11.4 Å². The lowest BCUT2D eigenvalue weighted by atomic mass is 9.87. The van der Waals surface area contributed by atoms with Crippen LogP contribution in [0, 0.1) is 5.41 Å². The lowest BCUT2D eigenvalue weighted by Crippen LogP contribution is -2.33. The van der Waals surface area contributed by atoms with Gasteiger partial charge in [-0.25, -0.2) is 13.1 Å². The Hall–Kier alpha value is -0.430. The highest BCUT2D eigenvalue weighted by Crippen LogP contribution is 2.24. The Morgan fingerprint density at radius 1 is 1.35 bits per heavy atom. The predicted molar refractivity (Wildman–Crippen MR) is 85.3 cm³/mol. The summed E-state index contributed by atoms with van der Waals surface area (Å²) in [6.07, 6.45) is 4.54. The van der Waals surface area contributed by atoms with E-state index in [1.807, 2.05) is 0 Å². The lowest BCUT2D eigenvalue weighted by molar-refractivity contribution is 0.320. The Labute approximate surface area is 126 Å². The molecule has 0 spiro atoms. The van der Waals surface area contributed by atoms with Gasteiger partial charge in [-0.2, -0.15) is 0 Å². The van der Waals surface area contributed by atoms with Crippen LogP contribution >= 0.6 is 11.3 Å². The fourth-order valence-electron chi connectivity index (χ4n) is 1.92. The minimum absolute atomic E-state index is 0.0189. The Kier molecular flexibility index (Phi) is 6.64. The molecule has 0 aliphatic rings. The predicted octanol–water partition coefficient (Wildman–Crippen LogP) is 3.09. The van der Waals surface area contributed by atoms with Gasteiger partial charge in [0.2, 0.25) is 10.0 Å². The van der Waals surface area contributed by atoms with Gasteiger partial charge in [-0.15, -0.1) is 11.3 Å². The van der Waals surface area contributed by atoms with Crippen LogP contribution in [0.5, 0.6) is 0 Å². The van der Waals surface area contributed by atoms with Crippen LogP contribution in [0.3, 0.4) is 0 Å². The van der Waals surface area contributed by atoms with Gasteiger partial charge in [0.05, 0.1) is 4.90 Å². The highest BCUT2D eigenvalue weighted by Gasteiger charge is 2.22. The molecule has 0 radical (unpaired) electrons. The van der Waals surface area contributed by atoms with Crippen LogP contribution in [0.15, 0.2) is 16.3 Å². The third-order valence-electron chi connectivity index (χ3n) is 3.34. The summed E-state index contributed by atoms with van der Waals surface area (Å²) in [6, 6.07) is 1.65. The molecule has 0 aliphatic carbocycles. The highest BCUT2D eigenvalue weighted by molar-refractivity contribution is 7.89. The van der Waals surface area contributed by atoms with Gasteiger partial charge in [0, 0.05) is 23.3 Å². The molecule has 0 saturated carbocycles. The average Bonchev–Trinajstić information content (AvgIpc) is 2.86. The third kappa shape index (κ3) is 5.52. The van der Waals surface area contributed by atoms with Crippen LogP contribution in [-0.2, 0) is 16.6 Å². The van der Waals surface area contributed by atoms with E-state index >= 15 is 0 Å². The van der Waals surface area contributed by atoms with E-state index in [4.69, 9.17) is 5.73 Å². The van der Waals surface area contributed by atoms with Crippen LogP contribution in [0.1, 0.15) is 51.3 Å². The van der Waals surface area contributed by atoms with Crippen molar-refractivity contribution in [3.05, 3.63) is 16.3 Å². The smallest absolute Gasteiger partial charge is 0.241 e. The fraction of sp³-hybridized carbons (Fsp3) is 0.714. The zero-order valence-electron chi connectivity index (χ0n) is 12.6. The van der Waals surface area contributed by atoms with Crippen LogP contribution in [0.2, 0.25) is 0 Å². The first-order valence-corrected chi connectivity index (χ1v) is 9.44. The molecule has 0 bridgehead atoms. The molecule has 116 valence electrons. The third-order valence-corrected chi connectivity index (χ3v) is 5.83. The number of rotatable bonds is 9. The molecule has 4 nitrogen and oxygen atoms in total. The fourth-order valence-corrected chi connectivity index (χ4v) is 4.32. The number of thiophene rings is 1. The molecule has 6 heteroatoms. The topological polar surface area (TPSA) is 72.2 Å². The molecule has 0 fully saturated rings. The van der Waals surface area contributed by atoms with Crippen molar-refractivity contribution in [1.29, 1.82) is 0 Å². The molecule has 1 heterocycles. The number of sulfonamides is 1. The normalized spacial score (nSPS) is 12.8. The average molecular weight is 319 g/mol. The van der Waals surface area contributed by atoms with E-state index < -0.39 is 10.0 Å². The van der Waals surface area contributed by atoms with Gasteiger partial charge in [0.25, 0.3) is 0 Å².